The molecule has 0 spiro atoms. The normalized spacial score (nSPS) is 13.3. The van der Waals surface area contributed by atoms with Crippen LogP contribution in [0.2, 0.25) is 0 Å². The molecule has 3 heteroatoms. The van der Waals surface area contributed by atoms with Gasteiger partial charge < -0.3 is 4.74 Å². The van der Waals surface area contributed by atoms with E-state index in [0.29, 0.717) is 19.0 Å². The van der Waals surface area contributed by atoms with Crippen LogP contribution in [0.25, 0.3) is 0 Å². The van der Waals surface area contributed by atoms with Crippen LogP contribution >= 0.6 is 11.6 Å². The monoisotopic (exact) mass is 150 g/mol. The Morgan fingerprint density at radius 2 is 2.22 bits per heavy atom. The highest BCUT2D eigenvalue weighted by atomic mass is 35.5. The molecule has 1 atom stereocenters. The van der Waals surface area contributed by atoms with E-state index in [0.717, 1.165) is 0 Å². The maximum absolute atomic E-state index is 9.65. The Morgan fingerprint density at radius 3 is 2.56 bits per heavy atom. The molecule has 0 radical (unpaired) electrons. The SMILES string of the molecule is CC(C)C(Cl)COC=O. The summed E-state index contributed by atoms with van der Waals surface area (Å²) in [5, 5.41) is -0.0600. The molecule has 0 saturated carbocycles. The van der Waals surface area contributed by atoms with Crippen molar-refractivity contribution in [2.75, 3.05) is 6.61 Å². The lowest BCUT2D eigenvalue weighted by atomic mass is 10.1. The first-order valence-electron chi connectivity index (χ1n) is 2.87. The van der Waals surface area contributed by atoms with Gasteiger partial charge in [-0.05, 0) is 5.92 Å². The first-order valence-corrected chi connectivity index (χ1v) is 3.31. The molecule has 0 N–H and O–H groups in total. The Kier molecular flexibility index (Phi) is 4.50. The third-order valence-electron chi connectivity index (χ3n) is 1.05. The number of rotatable bonds is 4. The fourth-order valence-corrected chi connectivity index (χ4v) is 0.396. The summed E-state index contributed by atoms with van der Waals surface area (Å²) < 4.78 is 4.44. The molecular weight excluding hydrogens is 140 g/mol. The molecule has 0 aromatic heterocycles. The molecule has 0 aromatic rings. The zero-order valence-electron chi connectivity index (χ0n) is 5.63. The fourth-order valence-electron chi connectivity index (χ4n) is 0.324. The number of halogens is 1. The Balaban J connectivity index is 3.26. The average molecular weight is 151 g/mol. The van der Waals surface area contributed by atoms with Crippen molar-refractivity contribution in [3.8, 4) is 0 Å². The highest BCUT2D eigenvalue weighted by Crippen LogP contribution is 2.08. The first-order chi connectivity index (χ1) is 4.18. The molecular formula is C6H11ClO2. The minimum atomic E-state index is -0.0600. The van der Waals surface area contributed by atoms with Gasteiger partial charge in [0.1, 0.15) is 6.61 Å². The van der Waals surface area contributed by atoms with E-state index < -0.39 is 0 Å². The van der Waals surface area contributed by atoms with Crippen LogP contribution in [0.1, 0.15) is 13.8 Å². The minimum Gasteiger partial charge on any atom is -0.466 e. The van der Waals surface area contributed by atoms with Crippen molar-refractivity contribution in [3.63, 3.8) is 0 Å². The lowest BCUT2D eigenvalue weighted by Crippen LogP contribution is -2.14. The standard InChI is InChI=1S/C6H11ClO2/c1-5(2)6(7)3-9-4-8/h4-6H,3H2,1-2H3. The summed E-state index contributed by atoms with van der Waals surface area (Å²) in [4.78, 5) is 9.65. The molecule has 0 amide bonds. The largest absolute Gasteiger partial charge is 0.466 e. The van der Waals surface area contributed by atoms with Crippen LogP contribution in [-0.2, 0) is 9.53 Å². The van der Waals surface area contributed by atoms with E-state index in [1.165, 1.54) is 0 Å². The summed E-state index contributed by atoms with van der Waals surface area (Å²) >= 11 is 5.71. The fraction of sp³-hybridized carbons (Fsp3) is 0.833. The van der Waals surface area contributed by atoms with Crippen LogP contribution in [0.5, 0.6) is 0 Å². The predicted molar refractivity (Wildman–Crippen MR) is 36.5 cm³/mol. The number of alkyl halides is 1. The smallest absolute Gasteiger partial charge is 0.293 e. The summed E-state index contributed by atoms with van der Waals surface area (Å²) in [5.41, 5.74) is 0. The lowest BCUT2D eigenvalue weighted by molar-refractivity contribution is -0.128. The van der Waals surface area contributed by atoms with Crippen molar-refractivity contribution in [3.05, 3.63) is 0 Å². The highest BCUT2D eigenvalue weighted by Gasteiger charge is 2.08. The van der Waals surface area contributed by atoms with Crippen molar-refractivity contribution in [1.82, 2.24) is 0 Å². The maximum Gasteiger partial charge on any atom is 0.293 e. The average Bonchev–Trinajstić information content (AvgIpc) is 1.82. The number of carbonyl (C=O) groups is 1. The quantitative estimate of drug-likeness (QED) is 0.448. The Bertz CT molecular complexity index is 83.1. The van der Waals surface area contributed by atoms with Gasteiger partial charge in [0.25, 0.3) is 6.47 Å². The van der Waals surface area contributed by atoms with Gasteiger partial charge in [-0.25, -0.2) is 0 Å². The highest BCUT2D eigenvalue weighted by molar-refractivity contribution is 6.20. The van der Waals surface area contributed by atoms with Gasteiger partial charge in [0.2, 0.25) is 0 Å². The second-order valence-electron chi connectivity index (χ2n) is 2.19. The van der Waals surface area contributed by atoms with Crippen LogP contribution in [0.4, 0.5) is 0 Å². The van der Waals surface area contributed by atoms with E-state index in [9.17, 15) is 4.79 Å². The van der Waals surface area contributed by atoms with Crippen molar-refractivity contribution < 1.29 is 9.53 Å². The van der Waals surface area contributed by atoms with E-state index in [4.69, 9.17) is 11.6 Å². The molecule has 0 aliphatic heterocycles. The van der Waals surface area contributed by atoms with E-state index in [1.807, 2.05) is 13.8 Å². The van der Waals surface area contributed by atoms with Gasteiger partial charge in [0, 0.05) is 0 Å². The number of carbonyl (C=O) groups excluding carboxylic acids is 1. The topological polar surface area (TPSA) is 26.3 Å². The molecule has 0 bridgehead atoms. The van der Waals surface area contributed by atoms with Crippen LogP contribution in [0.3, 0.4) is 0 Å². The van der Waals surface area contributed by atoms with Crippen molar-refractivity contribution in [1.29, 1.82) is 0 Å². The van der Waals surface area contributed by atoms with Crippen molar-refractivity contribution >= 4 is 18.1 Å². The molecule has 2 nitrogen and oxygen atoms in total. The predicted octanol–water partition coefficient (Wildman–Crippen LogP) is 1.42. The van der Waals surface area contributed by atoms with Crippen molar-refractivity contribution in [2.24, 2.45) is 5.92 Å². The van der Waals surface area contributed by atoms with Crippen molar-refractivity contribution in [2.45, 2.75) is 19.2 Å². The summed E-state index contributed by atoms with van der Waals surface area (Å²) in [6, 6.07) is 0. The molecule has 0 aromatic carbocycles. The maximum atomic E-state index is 9.65. The molecule has 9 heavy (non-hydrogen) atoms. The zero-order valence-corrected chi connectivity index (χ0v) is 6.39. The number of hydrogen-bond donors (Lipinski definition) is 0. The van der Waals surface area contributed by atoms with Gasteiger partial charge in [0.15, 0.2) is 0 Å². The molecule has 0 fully saturated rings. The number of hydrogen-bond acceptors (Lipinski definition) is 2. The Labute approximate surface area is 60.1 Å². The number of ether oxygens (including phenoxy) is 1. The third kappa shape index (κ3) is 4.28. The second kappa shape index (κ2) is 4.62. The van der Waals surface area contributed by atoms with Gasteiger partial charge in [-0.3, -0.25) is 4.79 Å². The summed E-state index contributed by atoms with van der Waals surface area (Å²) in [7, 11) is 0. The summed E-state index contributed by atoms with van der Waals surface area (Å²) in [6.45, 7) is 4.68. The van der Waals surface area contributed by atoms with E-state index in [2.05, 4.69) is 4.74 Å². The van der Waals surface area contributed by atoms with Crippen LogP contribution in [-0.4, -0.2) is 18.5 Å². The van der Waals surface area contributed by atoms with Gasteiger partial charge in [0.05, 0.1) is 5.38 Å². The molecule has 0 rings (SSSR count). The third-order valence-corrected chi connectivity index (χ3v) is 1.68. The van der Waals surface area contributed by atoms with E-state index in [-0.39, 0.29) is 5.38 Å². The summed E-state index contributed by atoms with van der Waals surface area (Å²) in [5.74, 6) is 0.353. The molecule has 54 valence electrons. The minimum absolute atomic E-state index is 0.0600. The van der Waals surface area contributed by atoms with Gasteiger partial charge in [-0.15, -0.1) is 11.6 Å². The summed E-state index contributed by atoms with van der Waals surface area (Å²) in [6.07, 6.45) is 0. The molecule has 1 unspecified atom stereocenters. The lowest BCUT2D eigenvalue weighted by Gasteiger charge is -2.10. The Hall–Kier alpha value is -0.240. The van der Waals surface area contributed by atoms with Crippen LogP contribution in [0.15, 0.2) is 0 Å². The van der Waals surface area contributed by atoms with Gasteiger partial charge in [-0.2, -0.15) is 0 Å². The molecule has 0 saturated heterocycles. The van der Waals surface area contributed by atoms with Crippen LogP contribution < -0.4 is 0 Å². The zero-order chi connectivity index (χ0) is 7.28. The molecule has 0 aliphatic carbocycles. The second-order valence-corrected chi connectivity index (χ2v) is 2.75. The Morgan fingerprint density at radius 1 is 1.67 bits per heavy atom. The van der Waals surface area contributed by atoms with E-state index >= 15 is 0 Å². The van der Waals surface area contributed by atoms with Crippen LogP contribution in [0, 0.1) is 5.92 Å². The van der Waals surface area contributed by atoms with E-state index in [1.54, 1.807) is 0 Å². The molecule has 0 aliphatic rings. The van der Waals surface area contributed by atoms with Gasteiger partial charge in [-0.1, -0.05) is 13.8 Å². The van der Waals surface area contributed by atoms with Gasteiger partial charge >= 0.3 is 0 Å². The molecule has 0 heterocycles. The first kappa shape index (κ1) is 8.76.